The lowest BCUT2D eigenvalue weighted by Gasteiger charge is -2.23. The molecule has 2 aromatic rings. The van der Waals surface area contributed by atoms with Gasteiger partial charge in [-0.3, -0.25) is 15.1 Å². The molecule has 0 spiro atoms. The molecule has 3 rings (SSSR count). The highest BCUT2D eigenvalue weighted by molar-refractivity contribution is 6.34. The van der Waals surface area contributed by atoms with Gasteiger partial charge in [-0.1, -0.05) is 23.7 Å². The van der Waals surface area contributed by atoms with Crippen molar-refractivity contribution in [3.63, 3.8) is 0 Å². The fourth-order valence-corrected chi connectivity index (χ4v) is 2.63. The Labute approximate surface area is 146 Å². The number of benzene rings is 2. The number of anilines is 2. The number of halogens is 2. The Bertz CT molecular complexity index is 887. The van der Waals surface area contributed by atoms with Crippen molar-refractivity contribution in [1.29, 1.82) is 0 Å². The fourth-order valence-electron chi connectivity index (χ4n) is 2.41. The van der Waals surface area contributed by atoms with Crippen LogP contribution in [-0.4, -0.2) is 22.9 Å². The number of carboxylic acid groups (broad SMARTS) is 1. The van der Waals surface area contributed by atoms with Gasteiger partial charge >= 0.3 is 6.09 Å². The predicted molar refractivity (Wildman–Crippen MR) is 91.0 cm³/mol. The van der Waals surface area contributed by atoms with Crippen molar-refractivity contribution in [2.75, 3.05) is 4.90 Å². The number of nitrogens with zero attached hydrogens (tertiary/aromatic N) is 2. The van der Waals surface area contributed by atoms with Crippen molar-refractivity contribution in [2.24, 2.45) is 4.99 Å². The zero-order valence-electron chi connectivity index (χ0n) is 12.7. The van der Waals surface area contributed by atoms with E-state index in [4.69, 9.17) is 16.7 Å². The van der Waals surface area contributed by atoms with E-state index >= 15 is 0 Å². The molecule has 7 nitrogen and oxygen atoms in total. The number of carbonyl (C=O) groups is 2. The molecule has 0 saturated carbocycles. The van der Waals surface area contributed by atoms with Crippen molar-refractivity contribution < 1.29 is 19.1 Å². The molecule has 2 amide bonds. The molecule has 0 atom stereocenters. The minimum Gasteiger partial charge on any atom is -0.464 e. The molecule has 0 bridgehead atoms. The van der Waals surface area contributed by atoms with Gasteiger partial charge in [-0.15, -0.1) is 0 Å². The van der Waals surface area contributed by atoms with Crippen LogP contribution >= 0.6 is 11.6 Å². The first kappa shape index (κ1) is 16.7. The Hall–Kier alpha value is -3.13. The summed E-state index contributed by atoms with van der Waals surface area (Å²) in [6.45, 7) is 0. The number of hydrogen-bond donors (Lipinski definition) is 3. The molecule has 0 unspecified atom stereocenters. The van der Waals surface area contributed by atoms with Gasteiger partial charge in [-0.05, 0) is 24.3 Å². The third kappa shape index (κ3) is 3.53. The maximum atomic E-state index is 13.8. The number of aliphatic imine (C=N–C) groups is 1. The molecule has 3 N–H and O–H groups in total. The molecule has 0 radical (unpaired) electrons. The van der Waals surface area contributed by atoms with E-state index in [2.05, 4.69) is 10.4 Å². The van der Waals surface area contributed by atoms with Gasteiger partial charge in [0.05, 0.1) is 28.5 Å². The summed E-state index contributed by atoms with van der Waals surface area (Å²) < 4.78 is 13.8. The van der Waals surface area contributed by atoms with Crippen LogP contribution in [0.4, 0.5) is 26.2 Å². The highest BCUT2D eigenvalue weighted by Gasteiger charge is 2.27. The monoisotopic (exact) mass is 362 g/mol. The van der Waals surface area contributed by atoms with Crippen molar-refractivity contribution in [3.8, 4) is 0 Å². The Morgan fingerprint density at radius 2 is 2.00 bits per heavy atom. The van der Waals surface area contributed by atoms with E-state index < -0.39 is 17.8 Å². The fraction of sp³-hybridized carbons (Fsp3) is 0.0625. The second-order valence-corrected chi connectivity index (χ2v) is 5.51. The third-order valence-corrected chi connectivity index (χ3v) is 3.73. The molecular formula is C16H12ClFN4O3. The van der Waals surface area contributed by atoms with Crippen molar-refractivity contribution in [3.05, 3.63) is 53.3 Å². The summed E-state index contributed by atoms with van der Waals surface area (Å²) in [4.78, 5) is 28.9. The van der Waals surface area contributed by atoms with Crippen LogP contribution in [0.1, 0.15) is 6.42 Å². The lowest BCUT2D eigenvalue weighted by molar-refractivity contribution is -0.116. The van der Waals surface area contributed by atoms with E-state index in [9.17, 15) is 14.0 Å². The normalized spacial score (nSPS) is 13.6. The lowest BCUT2D eigenvalue weighted by Crippen LogP contribution is -2.42. The molecule has 9 heteroatoms. The maximum Gasteiger partial charge on any atom is 0.423 e. The van der Waals surface area contributed by atoms with Gasteiger partial charge in [0.15, 0.2) is 0 Å². The first-order valence-electron chi connectivity index (χ1n) is 7.15. The highest BCUT2D eigenvalue weighted by atomic mass is 35.5. The van der Waals surface area contributed by atoms with Crippen LogP contribution in [0.3, 0.4) is 0 Å². The Balaban J connectivity index is 2.10. The van der Waals surface area contributed by atoms with E-state index in [1.54, 1.807) is 24.3 Å². The van der Waals surface area contributed by atoms with Crippen LogP contribution in [0, 0.1) is 5.82 Å². The molecule has 1 heterocycles. The molecule has 0 aliphatic carbocycles. The molecule has 2 aromatic carbocycles. The number of rotatable bonds is 1. The number of amidine groups is 1. The third-order valence-electron chi connectivity index (χ3n) is 3.41. The smallest absolute Gasteiger partial charge is 0.423 e. The van der Waals surface area contributed by atoms with Crippen LogP contribution in [0.15, 0.2) is 47.5 Å². The van der Waals surface area contributed by atoms with E-state index in [1.165, 1.54) is 23.1 Å². The summed E-state index contributed by atoms with van der Waals surface area (Å²) in [5, 5.41) is 9.00. The molecule has 0 fully saturated rings. The molecular weight excluding hydrogens is 351 g/mol. The van der Waals surface area contributed by atoms with E-state index in [0.717, 1.165) is 0 Å². The summed E-state index contributed by atoms with van der Waals surface area (Å²) in [5.41, 5.74) is 5.18. The molecule has 25 heavy (non-hydrogen) atoms. The van der Waals surface area contributed by atoms with Gasteiger partial charge in [-0.2, -0.15) is 0 Å². The van der Waals surface area contributed by atoms with Crippen LogP contribution in [-0.2, 0) is 4.79 Å². The standard InChI is InChI=1S/C16H12ClFN4O3/c17-10-3-1-2-4-12(10)22-13-7-9(18)5-6-11(13)19-14(8-15(22)23)20-21-16(24)25/h1-7,21H,8H2,(H,19,20)(H,24,25). The number of fused-ring (bicyclic) bond motifs is 1. The zero-order chi connectivity index (χ0) is 18.0. The van der Waals surface area contributed by atoms with Gasteiger partial charge in [0.2, 0.25) is 5.91 Å². The number of carbonyl (C=O) groups excluding carboxylic acids is 1. The van der Waals surface area contributed by atoms with Gasteiger partial charge in [-0.25, -0.2) is 19.6 Å². The summed E-state index contributed by atoms with van der Waals surface area (Å²) in [6.07, 6.45) is -1.57. The SMILES string of the molecule is O=C(O)NNC1=Nc2ccc(F)cc2N(c2ccccc2Cl)C(=O)C1. The highest BCUT2D eigenvalue weighted by Crippen LogP contribution is 2.39. The van der Waals surface area contributed by atoms with Gasteiger partial charge in [0.25, 0.3) is 0 Å². The predicted octanol–water partition coefficient (Wildman–Crippen LogP) is 3.35. The summed E-state index contributed by atoms with van der Waals surface area (Å²) in [5.74, 6) is -0.912. The van der Waals surface area contributed by atoms with Crippen LogP contribution < -0.4 is 15.8 Å². The topological polar surface area (TPSA) is 94.0 Å². The number of nitrogens with one attached hydrogen (secondary N) is 2. The molecule has 0 aromatic heterocycles. The molecule has 128 valence electrons. The molecule has 1 aliphatic rings. The second kappa shape index (κ2) is 6.78. The molecule has 1 aliphatic heterocycles. The average molecular weight is 363 g/mol. The van der Waals surface area contributed by atoms with E-state index in [0.29, 0.717) is 16.4 Å². The minimum atomic E-state index is -1.33. The van der Waals surface area contributed by atoms with Crippen molar-refractivity contribution >= 4 is 46.5 Å². The number of hydrogen-bond acceptors (Lipinski definition) is 4. The second-order valence-electron chi connectivity index (χ2n) is 5.10. The summed E-state index contributed by atoms with van der Waals surface area (Å²) in [6, 6.07) is 10.4. The van der Waals surface area contributed by atoms with Crippen LogP contribution in [0.5, 0.6) is 0 Å². The van der Waals surface area contributed by atoms with E-state index in [-0.39, 0.29) is 17.9 Å². The van der Waals surface area contributed by atoms with Crippen LogP contribution in [0.2, 0.25) is 5.02 Å². The van der Waals surface area contributed by atoms with Crippen molar-refractivity contribution in [2.45, 2.75) is 6.42 Å². The first-order valence-corrected chi connectivity index (χ1v) is 7.53. The van der Waals surface area contributed by atoms with Crippen LogP contribution in [0.25, 0.3) is 0 Å². The van der Waals surface area contributed by atoms with Gasteiger partial charge in [0.1, 0.15) is 11.7 Å². The Kier molecular flexibility index (Phi) is 4.53. The number of para-hydroxylation sites is 1. The quantitative estimate of drug-likeness (QED) is 0.678. The van der Waals surface area contributed by atoms with Gasteiger partial charge in [0, 0.05) is 6.07 Å². The minimum absolute atomic E-state index is 0.0785. The number of hydrazine groups is 1. The van der Waals surface area contributed by atoms with E-state index in [1.807, 2.05) is 5.43 Å². The Morgan fingerprint density at radius 3 is 2.72 bits per heavy atom. The first-order chi connectivity index (χ1) is 12.0. The maximum absolute atomic E-state index is 13.8. The largest absolute Gasteiger partial charge is 0.464 e. The molecule has 0 saturated heterocycles. The van der Waals surface area contributed by atoms with Crippen molar-refractivity contribution in [1.82, 2.24) is 10.9 Å². The lowest BCUT2D eigenvalue weighted by atomic mass is 10.2. The summed E-state index contributed by atoms with van der Waals surface area (Å²) in [7, 11) is 0. The average Bonchev–Trinajstić information content (AvgIpc) is 2.69. The Morgan fingerprint density at radius 1 is 1.24 bits per heavy atom. The summed E-state index contributed by atoms with van der Waals surface area (Å²) >= 11 is 6.19. The van der Waals surface area contributed by atoms with Gasteiger partial charge < -0.3 is 5.11 Å². The zero-order valence-corrected chi connectivity index (χ0v) is 13.4. The number of amides is 2.